The van der Waals surface area contributed by atoms with Gasteiger partial charge in [0.2, 0.25) is 5.91 Å². The van der Waals surface area contributed by atoms with Crippen molar-refractivity contribution in [1.82, 2.24) is 5.32 Å². The second-order valence-electron chi connectivity index (χ2n) is 4.06. The minimum Gasteiger partial charge on any atom is -0.481 e. The lowest BCUT2D eigenvalue weighted by Crippen LogP contribution is -2.38. The molecule has 19 heavy (non-hydrogen) atoms. The summed E-state index contributed by atoms with van der Waals surface area (Å²) in [7, 11) is 0. The molecule has 2 rings (SSSR count). The second kappa shape index (κ2) is 5.75. The van der Waals surface area contributed by atoms with E-state index in [1.807, 2.05) is 0 Å². The molecule has 3 N–H and O–H groups in total. The molecule has 6 nitrogen and oxygen atoms in total. The van der Waals surface area contributed by atoms with Crippen LogP contribution in [0.3, 0.4) is 0 Å². The Morgan fingerprint density at radius 2 is 2.26 bits per heavy atom. The summed E-state index contributed by atoms with van der Waals surface area (Å²) in [5, 5.41) is 13.7. The van der Waals surface area contributed by atoms with Gasteiger partial charge in [0.25, 0.3) is 5.24 Å². The van der Waals surface area contributed by atoms with E-state index in [1.165, 1.54) is 0 Å². The molecule has 1 aliphatic heterocycles. The number of hydrogen-bond donors (Lipinski definition) is 3. The first-order chi connectivity index (χ1) is 9.04. The summed E-state index contributed by atoms with van der Waals surface area (Å²) in [5.74, 6) is -0.826. The Morgan fingerprint density at radius 3 is 2.89 bits per heavy atom. The summed E-state index contributed by atoms with van der Waals surface area (Å²) in [5.41, 5.74) is 1.13. The van der Waals surface area contributed by atoms with Crippen LogP contribution in [0.2, 0.25) is 0 Å². The first-order valence-electron chi connectivity index (χ1n) is 5.59. The number of rotatable bonds is 4. The number of aliphatic carboxylic acids is 1. The van der Waals surface area contributed by atoms with E-state index in [2.05, 4.69) is 10.6 Å². The van der Waals surface area contributed by atoms with E-state index in [1.54, 1.807) is 24.3 Å². The lowest BCUT2D eigenvalue weighted by Gasteiger charge is -2.10. The van der Waals surface area contributed by atoms with Crippen LogP contribution in [0, 0.1) is 0 Å². The zero-order valence-corrected chi connectivity index (χ0v) is 10.7. The monoisotopic (exact) mass is 280 g/mol. The highest BCUT2D eigenvalue weighted by atomic mass is 32.2. The Labute approximate surface area is 113 Å². The number of hydrogen-bond acceptors (Lipinski definition) is 4. The highest BCUT2D eigenvalue weighted by Gasteiger charge is 2.27. The largest absolute Gasteiger partial charge is 0.481 e. The third kappa shape index (κ3) is 3.72. The number of anilines is 1. The van der Waals surface area contributed by atoms with Gasteiger partial charge in [-0.1, -0.05) is 23.9 Å². The van der Waals surface area contributed by atoms with Gasteiger partial charge in [-0.25, -0.2) is 0 Å². The van der Waals surface area contributed by atoms with E-state index >= 15 is 0 Å². The molecule has 2 amide bonds. The van der Waals surface area contributed by atoms with Gasteiger partial charge in [-0.15, -0.1) is 0 Å². The van der Waals surface area contributed by atoms with Crippen molar-refractivity contribution in [3.8, 4) is 0 Å². The van der Waals surface area contributed by atoms with Crippen molar-refractivity contribution in [2.24, 2.45) is 0 Å². The lowest BCUT2D eigenvalue weighted by molar-refractivity contribution is -0.136. The Bertz CT molecular complexity index is 532. The van der Waals surface area contributed by atoms with Crippen molar-refractivity contribution in [3.05, 3.63) is 29.8 Å². The zero-order valence-electron chi connectivity index (χ0n) is 9.88. The Hall–Kier alpha value is -2.02. The van der Waals surface area contributed by atoms with Crippen LogP contribution in [-0.4, -0.2) is 34.0 Å². The standard InChI is InChI=1S/C12H12N2O4S/c15-10(16)5-7-2-1-3-8(4-7)13-11(17)9-6-19-12(18)14-9/h1-4,9H,5-6H2,(H,13,17)(H,14,18)(H,15,16). The minimum atomic E-state index is -0.928. The summed E-state index contributed by atoms with van der Waals surface area (Å²) in [4.78, 5) is 33.4. The van der Waals surface area contributed by atoms with Crippen LogP contribution < -0.4 is 10.6 Å². The van der Waals surface area contributed by atoms with Crippen molar-refractivity contribution in [1.29, 1.82) is 0 Å². The van der Waals surface area contributed by atoms with Gasteiger partial charge in [-0.3, -0.25) is 14.4 Å². The summed E-state index contributed by atoms with van der Waals surface area (Å²) in [6, 6.07) is 6.09. The molecule has 1 aliphatic rings. The molecule has 1 aromatic rings. The van der Waals surface area contributed by atoms with Gasteiger partial charge in [0, 0.05) is 11.4 Å². The van der Waals surface area contributed by atoms with Crippen LogP contribution in [0.1, 0.15) is 5.56 Å². The molecule has 1 unspecified atom stereocenters. The van der Waals surface area contributed by atoms with E-state index in [9.17, 15) is 14.4 Å². The van der Waals surface area contributed by atoms with Crippen molar-refractivity contribution in [2.45, 2.75) is 12.5 Å². The first-order valence-corrected chi connectivity index (χ1v) is 6.58. The molecule has 0 aliphatic carbocycles. The molecule has 1 saturated heterocycles. The fraction of sp³-hybridized carbons (Fsp3) is 0.250. The van der Waals surface area contributed by atoms with Gasteiger partial charge in [-0.2, -0.15) is 0 Å². The number of carbonyl (C=O) groups excluding carboxylic acids is 2. The Balaban J connectivity index is 2.00. The van der Waals surface area contributed by atoms with Crippen molar-refractivity contribution >= 4 is 34.6 Å². The number of amides is 2. The van der Waals surface area contributed by atoms with E-state index in [0.29, 0.717) is 17.0 Å². The topological polar surface area (TPSA) is 95.5 Å². The molecule has 1 aromatic carbocycles. The highest BCUT2D eigenvalue weighted by molar-refractivity contribution is 8.14. The second-order valence-corrected chi connectivity index (χ2v) is 5.05. The van der Waals surface area contributed by atoms with Crippen molar-refractivity contribution in [2.75, 3.05) is 11.1 Å². The normalized spacial score (nSPS) is 17.9. The first kappa shape index (κ1) is 13.4. The van der Waals surface area contributed by atoms with E-state index in [-0.39, 0.29) is 17.6 Å². The minimum absolute atomic E-state index is 0.0975. The molecule has 0 saturated carbocycles. The number of carbonyl (C=O) groups is 3. The van der Waals surface area contributed by atoms with Gasteiger partial charge >= 0.3 is 5.97 Å². The summed E-state index contributed by atoms with van der Waals surface area (Å²) >= 11 is 1.07. The quantitative estimate of drug-likeness (QED) is 0.767. The summed E-state index contributed by atoms with van der Waals surface area (Å²) in [6.45, 7) is 0. The number of carboxylic acids is 1. The van der Waals surface area contributed by atoms with Gasteiger partial charge in [0.05, 0.1) is 6.42 Å². The van der Waals surface area contributed by atoms with Gasteiger partial charge in [0.1, 0.15) is 6.04 Å². The molecule has 100 valence electrons. The fourth-order valence-corrected chi connectivity index (χ4v) is 2.47. The van der Waals surface area contributed by atoms with Crippen molar-refractivity contribution < 1.29 is 19.5 Å². The Kier molecular flexibility index (Phi) is 4.06. The highest BCUT2D eigenvalue weighted by Crippen LogP contribution is 2.16. The van der Waals surface area contributed by atoms with Crippen LogP contribution in [-0.2, 0) is 16.0 Å². The van der Waals surface area contributed by atoms with Crippen molar-refractivity contribution in [3.63, 3.8) is 0 Å². The molecule has 0 spiro atoms. The third-order valence-corrected chi connectivity index (χ3v) is 3.42. The fourth-order valence-electron chi connectivity index (χ4n) is 1.69. The van der Waals surface area contributed by atoms with E-state index in [0.717, 1.165) is 11.8 Å². The number of carboxylic acid groups (broad SMARTS) is 1. The van der Waals surface area contributed by atoms with Crippen LogP contribution in [0.15, 0.2) is 24.3 Å². The van der Waals surface area contributed by atoms with Crippen LogP contribution >= 0.6 is 11.8 Å². The molecule has 1 atom stereocenters. The van der Waals surface area contributed by atoms with Crippen LogP contribution in [0.4, 0.5) is 10.5 Å². The molecular formula is C12H12N2O4S. The summed E-state index contributed by atoms with van der Waals surface area (Å²) < 4.78 is 0. The van der Waals surface area contributed by atoms with Gasteiger partial charge in [0.15, 0.2) is 0 Å². The molecule has 1 heterocycles. The number of thioether (sulfide) groups is 1. The maximum atomic E-state index is 11.8. The average molecular weight is 280 g/mol. The van der Waals surface area contributed by atoms with Crippen LogP contribution in [0.25, 0.3) is 0 Å². The molecular weight excluding hydrogens is 268 g/mol. The molecule has 0 radical (unpaired) electrons. The maximum Gasteiger partial charge on any atom is 0.307 e. The average Bonchev–Trinajstić information content (AvgIpc) is 2.75. The molecule has 7 heteroatoms. The van der Waals surface area contributed by atoms with E-state index < -0.39 is 12.0 Å². The molecule has 0 aromatic heterocycles. The smallest absolute Gasteiger partial charge is 0.307 e. The number of benzene rings is 1. The molecule has 0 bridgehead atoms. The zero-order chi connectivity index (χ0) is 13.8. The lowest BCUT2D eigenvalue weighted by atomic mass is 10.1. The SMILES string of the molecule is O=C(O)Cc1cccc(NC(=O)C2CSC(=O)N2)c1. The predicted octanol–water partition coefficient (Wildman–Crippen LogP) is 1.08. The predicted molar refractivity (Wildman–Crippen MR) is 71.2 cm³/mol. The van der Waals surface area contributed by atoms with E-state index in [4.69, 9.17) is 5.11 Å². The number of nitrogens with one attached hydrogen (secondary N) is 2. The third-order valence-electron chi connectivity index (χ3n) is 2.54. The van der Waals surface area contributed by atoms with Gasteiger partial charge in [-0.05, 0) is 17.7 Å². The molecule has 1 fully saturated rings. The summed E-state index contributed by atoms with van der Waals surface area (Å²) in [6.07, 6.45) is -0.0975. The van der Waals surface area contributed by atoms with Crippen LogP contribution in [0.5, 0.6) is 0 Å². The maximum absolute atomic E-state index is 11.8. The van der Waals surface area contributed by atoms with Gasteiger partial charge < -0.3 is 15.7 Å². The Morgan fingerprint density at radius 1 is 1.47 bits per heavy atom.